The second-order valence-corrected chi connectivity index (χ2v) is 7.25. The molecule has 2 rings (SSSR count). The van der Waals surface area contributed by atoms with E-state index in [1.165, 1.54) is 0 Å². The molecule has 1 N–H and O–H groups in total. The van der Waals surface area contributed by atoms with Gasteiger partial charge in [0.05, 0.1) is 13.5 Å². The summed E-state index contributed by atoms with van der Waals surface area (Å²) >= 11 is 0. The highest BCUT2D eigenvalue weighted by atomic mass is 16.5. The van der Waals surface area contributed by atoms with Crippen molar-refractivity contribution in [3.8, 4) is 5.75 Å². The highest BCUT2D eigenvalue weighted by Crippen LogP contribution is 2.17. The maximum absolute atomic E-state index is 13.2. The van der Waals surface area contributed by atoms with E-state index in [0.717, 1.165) is 28.9 Å². The summed E-state index contributed by atoms with van der Waals surface area (Å²) in [5.41, 5.74) is 3.07. The van der Waals surface area contributed by atoms with E-state index in [-0.39, 0.29) is 18.2 Å². The van der Waals surface area contributed by atoms with Crippen LogP contribution in [-0.2, 0) is 22.6 Å². The first-order valence-electron chi connectivity index (χ1n) is 10.2. The summed E-state index contributed by atoms with van der Waals surface area (Å²) < 4.78 is 5.22. The van der Waals surface area contributed by atoms with E-state index < -0.39 is 6.04 Å². The quantitative estimate of drug-likeness (QED) is 0.663. The fourth-order valence-corrected chi connectivity index (χ4v) is 3.20. The fraction of sp³-hybridized carbons (Fsp3) is 0.417. The highest BCUT2D eigenvalue weighted by Gasteiger charge is 2.28. The number of nitrogens with zero attached hydrogens (tertiary/aromatic N) is 1. The van der Waals surface area contributed by atoms with E-state index in [0.29, 0.717) is 19.5 Å². The molecular formula is C24H32N2O3. The van der Waals surface area contributed by atoms with Gasteiger partial charge in [-0.2, -0.15) is 0 Å². The molecule has 0 fully saturated rings. The van der Waals surface area contributed by atoms with Crippen molar-refractivity contribution in [1.29, 1.82) is 0 Å². The van der Waals surface area contributed by atoms with Gasteiger partial charge in [0.2, 0.25) is 11.8 Å². The zero-order chi connectivity index (χ0) is 21.2. The Morgan fingerprint density at radius 1 is 1.00 bits per heavy atom. The molecule has 0 spiro atoms. The average Bonchev–Trinajstić information content (AvgIpc) is 2.74. The zero-order valence-corrected chi connectivity index (χ0v) is 17.9. The summed E-state index contributed by atoms with van der Waals surface area (Å²) in [6, 6.07) is 15.0. The summed E-state index contributed by atoms with van der Waals surface area (Å²) in [5.74, 6) is 0.613. The number of aryl methyl sites for hydroxylation is 1. The topological polar surface area (TPSA) is 58.6 Å². The lowest BCUT2D eigenvalue weighted by molar-refractivity contribution is -0.140. The maximum Gasteiger partial charge on any atom is 0.242 e. The zero-order valence-electron chi connectivity index (χ0n) is 17.9. The summed E-state index contributed by atoms with van der Waals surface area (Å²) in [6.07, 6.45) is 1.69. The lowest BCUT2D eigenvalue weighted by Crippen LogP contribution is -2.49. The van der Waals surface area contributed by atoms with Gasteiger partial charge in [-0.3, -0.25) is 9.59 Å². The van der Waals surface area contributed by atoms with Crippen LogP contribution in [0.5, 0.6) is 5.75 Å². The molecule has 0 heterocycles. The number of amides is 2. The van der Waals surface area contributed by atoms with E-state index in [9.17, 15) is 9.59 Å². The van der Waals surface area contributed by atoms with Crippen LogP contribution in [0.1, 0.15) is 43.4 Å². The number of benzene rings is 2. The van der Waals surface area contributed by atoms with Crippen LogP contribution >= 0.6 is 0 Å². The van der Waals surface area contributed by atoms with E-state index in [1.807, 2.05) is 69.3 Å². The molecule has 29 heavy (non-hydrogen) atoms. The van der Waals surface area contributed by atoms with Crippen molar-refractivity contribution in [3.05, 3.63) is 65.2 Å². The first kappa shape index (κ1) is 22.5. The Morgan fingerprint density at radius 2 is 1.62 bits per heavy atom. The monoisotopic (exact) mass is 396 g/mol. The molecule has 2 amide bonds. The molecule has 0 aliphatic rings. The van der Waals surface area contributed by atoms with Crippen LogP contribution in [0.2, 0.25) is 0 Å². The van der Waals surface area contributed by atoms with Crippen LogP contribution in [0.25, 0.3) is 0 Å². The minimum absolute atomic E-state index is 0.0526. The largest absolute Gasteiger partial charge is 0.497 e. The number of nitrogens with one attached hydrogen (secondary N) is 1. The van der Waals surface area contributed by atoms with Gasteiger partial charge in [-0.1, -0.05) is 55.8 Å². The van der Waals surface area contributed by atoms with Crippen molar-refractivity contribution < 1.29 is 14.3 Å². The molecule has 5 nitrogen and oxygen atoms in total. The Labute approximate surface area is 174 Å². The second kappa shape index (κ2) is 11.2. The molecule has 0 aliphatic heterocycles. The molecule has 0 radical (unpaired) electrons. The van der Waals surface area contributed by atoms with Crippen LogP contribution in [-0.4, -0.2) is 36.4 Å². The number of rotatable bonds is 10. The van der Waals surface area contributed by atoms with Crippen molar-refractivity contribution in [2.24, 2.45) is 0 Å². The number of hydrogen-bond acceptors (Lipinski definition) is 3. The predicted molar refractivity (Wildman–Crippen MR) is 116 cm³/mol. The number of hydrogen-bond donors (Lipinski definition) is 1. The molecule has 0 saturated carbocycles. The third-order valence-electron chi connectivity index (χ3n) is 4.92. The Hall–Kier alpha value is -2.82. The minimum Gasteiger partial charge on any atom is -0.497 e. The van der Waals surface area contributed by atoms with Gasteiger partial charge in [-0.05, 0) is 43.0 Å². The summed E-state index contributed by atoms with van der Waals surface area (Å²) in [7, 11) is 1.62. The molecule has 1 unspecified atom stereocenters. The van der Waals surface area contributed by atoms with Gasteiger partial charge in [0.15, 0.2) is 0 Å². The third kappa shape index (κ3) is 6.63. The molecule has 1 atom stereocenters. The van der Waals surface area contributed by atoms with E-state index >= 15 is 0 Å². The SMILES string of the molecule is CCCNC(=O)C(CC)N(Cc1ccc(OC)cc1)C(=O)Cc1ccc(C)cc1. The number of carbonyl (C=O) groups is 2. The smallest absolute Gasteiger partial charge is 0.242 e. The van der Waals surface area contributed by atoms with Crippen molar-refractivity contribution in [2.75, 3.05) is 13.7 Å². The predicted octanol–water partition coefficient (Wildman–Crippen LogP) is 3.88. The van der Waals surface area contributed by atoms with Gasteiger partial charge in [-0.15, -0.1) is 0 Å². The first-order valence-corrected chi connectivity index (χ1v) is 10.2. The molecule has 156 valence electrons. The maximum atomic E-state index is 13.2. The van der Waals surface area contributed by atoms with Crippen LogP contribution in [0.3, 0.4) is 0 Å². The molecular weight excluding hydrogens is 364 g/mol. The summed E-state index contributed by atoms with van der Waals surface area (Å²) in [6.45, 7) is 6.96. The fourth-order valence-electron chi connectivity index (χ4n) is 3.20. The van der Waals surface area contributed by atoms with Crippen LogP contribution < -0.4 is 10.1 Å². The van der Waals surface area contributed by atoms with Gasteiger partial charge >= 0.3 is 0 Å². The Bertz CT molecular complexity index is 785. The van der Waals surface area contributed by atoms with E-state index in [2.05, 4.69) is 5.32 Å². The number of carbonyl (C=O) groups excluding carboxylic acids is 2. The normalized spacial score (nSPS) is 11.6. The minimum atomic E-state index is -0.499. The van der Waals surface area contributed by atoms with Crippen LogP contribution in [0.15, 0.2) is 48.5 Å². The van der Waals surface area contributed by atoms with E-state index in [1.54, 1.807) is 12.0 Å². The van der Waals surface area contributed by atoms with Gasteiger partial charge < -0.3 is 15.0 Å². The van der Waals surface area contributed by atoms with Crippen LogP contribution in [0, 0.1) is 6.92 Å². The molecule has 0 aliphatic carbocycles. The van der Waals surface area contributed by atoms with Gasteiger partial charge in [-0.25, -0.2) is 0 Å². The van der Waals surface area contributed by atoms with Crippen LogP contribution in [0.4, 0.5) is 0 Å². The molecule has 0 bridgehead atoms. The van der Waals surface area contributed by atoms with Crippen molar-refractivity contribution in [1.82, 2.24) is 10.2 Å². The van der Waals surface area contributed by atoms with Gasteiger partial charge in [0.1, 0.15) is 11.8 Å². The van der Waals surface area contributed by atoms with Crippen molar-refractivity contribution in [3.63, 3.8) is 0 Å². The molecule has 0 saturated heterocycles. The molecule has 5 heteroatoms. The standard InChI is InChI=1S/C24H32N2O3/c1-5-15-25-24(28)22(6-2)26(17-20-11-13-21(29-4)14-12-20)23(27)16-19-9-7-18(3)8-10-19/h7-14,22H,5-6,15-17H2,1-4H3,(H,25,28). The first-order chi connectivity index (χ1) is 14.0. The Balaban J connectivity index is 2.24. The second-order valence-electron chi connectivity index (χ2n) is 7.25. The molecule has 0 aromatic heterocycles. The summed E-state index contributed by atoms with van der Waals surface area (Å²) in [4.78, 5) is 27.7. The lowest BCUT2D eigenvalue weighted by atomic mass is 10.1. The number of methoxy groups -OCH3 is 1. The van der Waals surface area contributed by atoms with Crippen molar-refractivity contribution >= 4 is 11.8 Å². The van der Waals surface area contributed by atoms with Gasteiger partial charge in [0, 0.05) is 13.1 Å². The Morgan fingerprint density at radius 3 is 2.17 bits per heavy atom. The Kier molecular flexibility index (Phi) is 8.71. The number of ether oxygens (including phenoxy) is 1. The summed E-state index contributed by atoms with van der Waals surface area (Å²) in [5, 5.41) is 2.94. The highest BCUT2D eigenvalue weighted by molar-refractivity contribution is 5.88. The molecule has 2 aromatic carbocycles. The van der Waals surface area contributed by atoms with Crippen molar-refractivity contribution in [2.45, 2.75) is 52.6 Å². The lowest BCUT2D eigenvalue weighted by Gasteiger charge is -2.31. The third-order valence-corrected chi connectivity index (χ3v) is 4.92. The van der Waals surface area contributed by atoms with E-state index in [4.69, 9.17) is 4.74 Å². The molecule has 2 aromatic rings. The van der Waals surface area contributed by atoms with Gasteiger partial charge in [0.25, 0.3) is 0 Å². The average molecular weight is 397 g/mol.